The molecule has 0 saturated heterocycles. The van der Waals surface area contributed by atoms with Gasteiger partial charge in [-0.05, 0) is 30.4 Å². The van der Waals surface area contributed by atoms with E-state index in [1.54, 1.807) is 11.3 Å². The number of rotatable bonds is 6. The van der Waals surface area contributed by atoms with Crippen LogP contribution in [0.2, 0.25) is 0 Å². The molecule has 2 unspecified atom stereocenters. The molecular formula is C13H21NO2S. The van der Waals surface area contributed by atoms with Gasteiger partial charge in [0.2, 0.25) is 0 Å². The third-order valence-electron chi connectivity index (χ3n) is 3.13. The van der Waals surface area contributed by atoms with Crippen molar-refractivity contribution in [2.24, 2.45) is 5.92 Å². The maximum atomic E-state index is 11.4. The highest BCUT2D eigenvalue weighted by Crippen LogP contribution is 2.17. The first-order valence-corrected chi connectivity index (χ1v) is 6.84. The SMILES string of the molecule is CCc1ccsc1CNC(C)C(C)C(=O)OC. The van der Waals surface area contributed by atoms with E-state index in [-0.39, 0.29) is 17.9 Å². The van der Waals surface area contributed by atoms with Crippen LogP contribution in [0.15, 0.2) is 11.4 Å². The molecule has 1 aromatic rings. The molecule has 1 N–H and O–H groups in total. The quantitative estimate of drug-likeness (QED) is 0.794. The van der Waals surface area contributed by atoms with Gasteiger partial charge >= 0.3 is 5.97 Å². The van der Waals surface area contributed by atoms with E-state index in [0.29, 0.717) is 0 Å². The molecule has 1 heterocycles. The summed E-state index contributed by atoms with van der Waals surface area (Å²) in [6.45, 7) is 6.88. The Balaban J connectivity index is 2.48. The minimum atomic E-state index is -0.160. The number of aryl methyl sites for hydroxylation is 1. The number of carbonyl (C=O) groups is 1. The Morgan fingerprint density at radius 2 is 2.24 bits per heavy atom. The van der Waals surface area contributed by atoms with E-state index in [4.69, 9.17) is 4.74 Å². The van der Waals surface area contributed by atoms with E-state index >= 15 is 0 Å². The van der Waals surface area contributed by atoms with E-state index in [1.165, 1.54) is 17.6 Å². The molecule has 0 saturated carbocycles. The van der Waals surface area contributed by atoms with Crippen molar-refractivity contribution >= 4 is 17.3 Å². The van der Waals surface area contributed by atoms with Gasteiger partial charge in [0.1, 0.15) is 0 Å². The van der Waals surface area contributed by atoms with Crippen LogP contribution in [0.5, 0.6) is 0 Å². The maximum Gasteiger partial charge on any atom is 0.309 e. The lowest BCUT2D eigenvalue weighted by molar-refractivity contribution is -0.145. The Labute approximate surface area is 107 Å². The van der Waals surface area contributed by atoms with Gasteiger partial charge in [0.05, 0.1) is 13.0 Å². The Kier molecular flexibility index (Phi) is 5.65. The third-order valence-corrected chi connectivity index (χ3v) is 4.09. The van der Waals surface area contributed by atoms with E-state index in [0.717, 1.165) is 13.0 Å². The van der Waals surface area contributed by atoms with Crippen LogP contribution in [0.3, 0.4) is 0 Å². The van der Waals surface area contributed by atoms with Crippen molar-refractivity contribution in [1.82, 2.24) is 5.32 Å². The number of esters is 1. The molecule has 0 radical (unpaired) electrons. The molecule has 1 aromatic heterocycles. The second-order valence-corrected chi connectivity index (χ2v) is 5.20. The number of hydrogen-bond acceptors (Lipinski definition) is 4. The summed E-state index contributed by atoms with van der Waals surface area (Å²) in [5.74, 6) is -0.281. The van der Waals surface area contributed by atoms with Crippen LogP contribution in [0, 0.1) is 5.92 Å². The Bertz CT molecular complexity index is 362. The molecule has 1 rings (SSSR count). The molecule has 0 aliphatic rings. The van der Waals surface area contributed by atoms with Crippen LogP contribution >= 0.6 is 11.3 Å². The molecule has 0 spiro atoms. The van der Waals surface area contributed by atoms with Crippen molar-refractivity contribution in [3.8, 4) is 0 Å². The molecule has 0 bridgehead atoms. The lowest BCUT2D eigenvalue weighted by Gasteiger charge is -2.19. The van der Waals surface area contributed by atoms with Crippen molar-refractivity contribution in [2.75, 3.05) is 7.11 Å². The number of nitrogens with one attached hydrogen (secondary N) is 1. The van der Waals surface area contributed by atoms with Crippen molar-refractivity contribution in [3.63, 3.8) is 0 Å². The van der Waals surface area contributed by atoms with Crippen molar-refractivity contribution in [2.45, 2.75) is 39.8 Å². The second-order valence-electron chi connectivity index (χ2n) is 4.20. The zero-order chi connectivity index (χ0) is 12.8. The average molecular weight is 255 g/mol. The molecule has 0 aromatic carbocycles. The summed E-state index contributed by atoms with van der Waals surface area (Å²) < 4.78 is 4.74. The minimum Gasteiger partial charge on any atom is -0.469 e. The van der Waals surface area contributed by atoms with Crippen LogP contribution in [0.4, 0.5) is 0 Å². The van der Waals surface area contributed by atoms with Gasteiger partial charge in [0.15, 0.2) is 0 Å². The number of carbonyl (C=O) groups excluding carboxylic acids is 1. The lowest BCUT2D eigenvalue weighted by atomic mass is 10.0. The molecule has 17 heavy (non-hydrogen) atoms. The van der Waals surface area contributed by atoms with Crippen LogP contribution in [-0.2, 0) is 22.5 Å². The zero-order valence-electron chi connectivity index (χ0n) is 10.9. The monoisotopic (exact) mass is 255 g/mol. The molecule has 0 fully saturated rings. The summed E-state index contributed by atoms with van der Waals surface area (Å²) >= 11 is 1.76. The Hall–Kier alpha value is -0.870. The largest absolute Gasteiger partial charge is 0.469 e. The lowest BCUT2D eigenvalue weighted by Crippen LogP contribution is -2.36. The predicted octanol–water partition coefficient (Wildman–Crippen LogP) is 2.60. The predicted molar refractivity (Wildman–Crippen MR) is 71.2 cm³/mol. The second kappa shape index (κ2) is 6.77. The fourth-order valence-corrected chi connectivity index (χ4v) is 2.58. The molecular weight excluding hydrogens is 234 g/mol. The number of ether oxygens (including phenoxy) is 1. The van der Waals surface area contributed by atoms with Gasteiger partial charge in [-0.1, -0.05) is 13.8 Å². The molecule has 2 atom stereocenters. The Morgan fingerprint density at radius 1 is 1.53 bits per heavy atom. The number of hydrogen-bond donors (Lipinski definition) is 1. The van der Waals surface area contributed by atoms with Crippen molar-refractivity contribution in [3.05, 3.63) is 21.9 Å². The molecule has 3 nitrogen and oxygen atoms in total. The van der Waals surface area contributed by atoms with Crippen LogP contribution in [0.25, 0.3) is 0 Å². The molecule has 4 heteroatoms. The van der Waals surface area contributed by atoms with Gasteiger partial charge in [-0.3, -0.25) is 4.79 Å². The summed E-state index contributed by atoms with van der Waals surface area (Å²) in [6, 6.07) is 2.28. The highest BCUT2D eigenvalue weighted by Gasteiger charge is 2.20. The molecule has 0 aliphatic heterocycles. The van der Waals surface area contributed by atoms with Gasteiger partial charge in [0, 0.05) is 17.5 Å². The fourth-order valence-electron chi connectivity index (χ4n) is 1.66. The van der Waals surface area contributed by atoms with E-state index in [2.05, 4.69) is 23.7 Å². The van der Waals surface area contributed by atoms with Crippen LogP contribution < -0.4 is 5.32 Å². The summed E-state index contributed by atoms with van der Waals surface area (Å²) in [5, 5.41) is 5.50. The Morgan fingerprint density at radius 3 is 2.82 bits per heavy atom. The smallest absolute Gasteiger partial charge is 0.309 e. The van der Waals surface area contributed by atoms with E-state index in [1.807, 2.05) is 13.8 Å². The first-order chi connectivity index (χ1) is 8.10. The number of thiophene rings is 1. The molecule has 0 amide bonds. The van der Waals surface area contributed by atoms with Crippen LogP contribution in [-0.4, -0.2) is 19.1 Å². The van der Waals surface area contributed by atoms with Gasteiger partial charge in [-0.25, -0.2) is 0 Å². The zero-order valence-corrected chi connectivity index (χ0v) is 11.8. The standard InChI is InChI=1S/C13H21NO2S/c1-5-11-6-7-17-12(11)8-14-10(3)9(2)13(15)16-4/h6-7,9-10,14H,5,8H2,1-4H3. The summed E-state index contributed by atoms with van der Waals surface area (Å²) in [4.78, 5) is 12.7. The van der Waals surface area contributed by atoms with Gasteiger partial charge < -0.3 is 10.1 Å². The van der Waals surface area contributed by atoms with E-state index < -0.39 is 0 Å². The van der Waals surface area contributed by atoms with Crippen LogP contribution in [0.1, 0.15) is 31.2 Å². The summed E-state index contributed by atoms with van der Waals surface area (Å²) in [7, 11) is 1.43. The molecule has 0 aliphatic carbocycles. The average Bonchev–Trinajstić information content (AvgIpc) is 2.81. The highest BCUT2D eigenvalue weighted by molar-refractivity contribution is 7.10. The first kappa shape index (κ1) is 14.2. The van der Waals surface area contributed by atoms with E-state index in [9.17, 15) is 4.79 Å². The highest BCUT2D eigenvalue weighted by atomic mass is 32.1. The normalized spacial score (nSPS) is 14.4. The van der Waals surface area contributed by atoms with Gasteiger partial charge in [0.25, 0.3) is 0 Å². The van der Waals surface area contributed by atoms with Gasteiger partial charge in [-0.15, -0.1) is 11.3 Å². The number of methoxy groups -OCH3 is 1. The topological polar surface area (TPSA) is 38.3 Å². The third kappa shape index (κ3) is 3.82. The van der Waals surface area contributed by atoms with Crippen molar-refractivity contribution in [1.29, 1.82) is 0 Å². The van der Waals surface area contributed by atoms with Gasteiger partial charge in [-0.2, -0.15) is 0 Å². The summed E-state index contributed by atoms with van der Waals surface area (Å²) in [5.41, 5.74) is 1.39. The summed E-state index contributed by atoms with van der Waals surface area (Å²) in [6.07, 6.45) is 1.06. The van der Waals surface area contributed by atoms with Crippen molar-refractivity contribution < 1.29 is 9.53 Å². The molecule has 96 valence electrons. The maximum absolute atomic E-state index is 11.4. The minimum absolute atomic E-state index is 0.120. The first-order valence-electron chi connectivity index (χ1n) is 5.96. The fraction of sp³-hybridized carbons (Fsp3) is 0.615.